The molecular weight excluding hydrogens is 170 g/mol. The molecule has 0 heterocycles. The summed E-state index contributed by atoms with van der Waals surface area (Å²) in [5.41, 5.74) is 0. The van der Waals surface area contributed by atoms with Crippen LogP contribution in [0.1, 0.15) is 59.3 Å². The summed E-state index contributed by atoms with van der Waals surface area (Å²) in [4.78, 5) is 0. The van der Waals surface area contributed by atoms with Crippen LogP contribution in [0.5, 0.6) is 0 Å². The Bertz CT molecular complexity index is 151. The Morgan fingerprint density at radius 3 is 2.00 bits per heavy atom. The minimum Gasteiger partial charge on any atom is -0.310 e. The molecule has 1 atom stereocenters. The van der Waals surface area contributed by atoms with Crippen LogP contribution in [-0.4, -0.2) is 12.1 Å². The summed E-state index contributed by atoms with van der Waals surface area (Å²) >= 11 is 0. The van der Waals surface area contributed by atoms with Crippen molar-refractivity contribution < 1.29 is 0 Å². The molecule has 0 aliphatic heterocycles. The maximum absolute atomic E-state index is 5.34. The second-order valence-electron chi connectivity index (χ2n) is 3.95. The lowest BCUT2D eigenvalue weighted by Gasteiger charge is -2.23. The summed E-state index contributed by atoms with van der Waals surface area (Å²) in [6, 6.07) is 1.19. The molecule has 0 aromatic heterocycles. The Kier molecular flexibility index (Phi) is 8.78. The van der Waals surface area contributed by atoms with Gasteiger partial charge in [-0.1, -0.05) is 33.6 Å². The van der Waals surface area contributed by atoms with Gasteiger partial charge < -0.3 is 5.32 Å². The molecule has 0 bridgehead atoms. The van der Waals surface area contributed by atoms with Crippen molar-refractivity contribution in [2.75, 3.05) is 0 Å². The van der Waals surface area contributed by atoms with Crippen molar-refractivity contribution in [3.05, 3.63) is 0 Å². The number of hydrogen-bond donors (Lipinski definition) is 1. The molecule has 0 rings (SSSR count). The van der Waals surface area contributed by atoms with Crippen LogP contribution < -0.4 is 5.32 Å². The van der Waals surface area contributed by atoms with E-state index in [4.69, 9.17) is 6.42 Å². The van der Waals surface area contributed by atoms with E-state index < -0.39 is 0 Å². The van der Waals surface area contributed by atoms with Crippen molar-refractivity contribution >= 4 is 0 Å². The second-order valence-corrected chi connectivity index (χ2v) is 3.95. The molecule has 0 aromatic rings. The van der Waals surface area contributed by atoms with Gasteiger partial charge in [0.05, 0.1) is 0 Å². The third kappa shape index (κ3) is 6.05. The van der Waals surface area contributed by atoms with Crippen LogP contribution in [0.15, 0.2) is 0 Å². The summed E-state index contributed by atoms with van der Waals surface area (Å²) < 4.78 is 0. The molecule has 0 spiro atoms. The molecule has 0 fully saturated rings. The van der Waals surface area contributed by atoms with E-state index in [1.807, 2.05) is 0 Å². The lowest BCUT2D eigenvalue weighted by atomic mass is 10.0. The standard InChI is InChI=1S/C13H25N/c1-5-9-12(8-4)14-13(10-6-2)11-7-3/h1,12-14H,6-11H2,2-4H3. The SMILES string of the molecule is C#CCC(CC)NC(CCC)CCC. The molecule has 1 unspecified atom stereocenters. The average molecular weight is 195 g/mol. The first-order valence-electron chi connectivity index (χ1n) is 5.97. The predicted octanol–water partition coefficient (Wildman–Crippen LogP) is 3.35. The zero-order valence-electron chi connectivity index (χ0n) is 9.97. The maximum Gasteiger partial charge on any atom is 0.0240 e. The molecule has 14 heavy (non-hydrogen) atoms. The highest BCUT2D eigenvalue weighted by molar-refractivity contribution is 4.90. The van der Waals surface area contributed by atoms with Crippen molar-refractivity contribution in [2.24, 2.45) is 0 Å². The summed E-state index contributed by atoms with van der Waals surface area (Å²) in [7, 11) is 0. The Hall–Kier alpha value is -0.480. The van der Waals surface area contributed by atoms with Gasteiger partial charge in [-0.3, -0.25) is 0 Å². The fraction of sp³-hybridized carbons (Fsp3) is 0.846. The van der Waals surface area contributed by atoms with Gasteiger partial charge in [-0.15, -0.1) is 12.3 Å². The van der Waals surface area contributed by atoms with Crippen LogP contribution in [0.4, 0.5) is 0 Å². The fourth-order valence-corrected chi connectivity index (χ4v) is 1.80. The van der Waals surface area contributed by atoms with E-state index in [-0.39, 0.29) is 0 Å². The Morgan fingerprint density at radius 2 is 1.64 bits per heavy atom. The number of hydrogen-bond acceptors (Lipinski definition) is 1. The summed E-state index contributed by atoms with van der Waals surface area (Å²) in [5.74, 6) is 2.75. The van der Waals surface area contributed by atoms with Gasteiger partial charge >= 0.3 is 0 Å². The predicted molar refractivity (Wildman–Crippen MR) is 64.3 cm³/mol. The van der Waals surface area contributed by atoms with Gasteiger partial charge in [0.25, 0.3) is 0 Å². The number of rotatable bonds is 8. The van der Waals surface area contributed by atoms with Crippen LogP contribution in [0.25, 0.3) is 0 Å². The molecule has 0 saturated carbocycles. The van der Waals surface area contributed by atoms with Gasteiger partial charge in [0, 0.05) is 18.5 Å². The van der Waals surface area contributed by atoms with Crippen LogP contribution >= 0.6 is 0 Å². The van der Waals surface area contributed by atoms with Crippen LogP contribution in [-0.2, 0) is 0 Å². The Morgan fingerprint density at radius 1 is 1.07 bits per heavy atom. The van der Waals surface area contributed by atoms with Crippen LogP contribution in [0.3, 0.4) is 0 Å². The Balaban J connectivity index is 3.91. The first-order chi connectivity index (χ1) is 6.78. The molecule has 1 heteroatoms. The highest BCUT2D eigenvalue weighted by atomic mass is 14.9. The van der Waals surface area contributed by atoms with Crippen molar-refractivity contribution in [1.82, 2.24) is 5.32 Å². The summed E-state index contributed by atoms with van der Waals surface area (Å²) in [5, 5.41) is 3.66. The minimum absolute atomic E-state index is 0.517. The molecule has 0 aromatic carbocycles. The third-order valence-electron chi connectivity index (χ3n) is 2.60. The summed E-state index contributed by atoms with van der Waals surface area (Å²) in [6.07, 6.45) is 12.4. The maximum atomic E-state index is 5.34. The van der Waals surface area contributed by atoms with Crippen LogP contribution in [0, 0.1) is 12.3 Å². The smallest absolute Gasteiger partial charge is 0.0240 e. The largest absolute Gasteiger partial charge is 0.310 e. The molecular formula is C13H25N. The molecule has 0 aliphatic rings. The number of nitrogens with one attached hydrogen (secondary N) is 1. The normalized spacial score (nSPS) is 12.8. The van der Waals surface area contributed by atoms with Crippen molar-refractivity contribution in [3.63, 3.8) is 0 Å². The van der Waals surface area contributed by atoms with Gasteiger partial charge in [0.1, 0.15) is 0 Å². The van der Waals surface area contributed by atoms with E-state index in [9.17, 15) is 0 Å². The number of terminal acetylenes is 1. The molecule has 1 nitrogen and oxygen atoms in total. The van der Waals surface area contributed by atoms with E-state index >= 15 is 0 Å². The van der Waals surface area contributed by atoms with E-state index in [0.29, 0.717) is 12.1 Å². The zero-order chi connectivity index (χ0) is 10.8. The third-order valence-corrected chi connectivity index (χ3v) is 2.60. The highest BCUT2D eigenvalue weighted by Crippen LogP contribution is 2.08. The topological polar surface area (TPSA) is 12.0 Å². The van der Waals surface area contributed by atoms with E-state index in [0.717, 1.165) is 12.8 Å². The second kappa shape index (κ2) is 9.09. The Labute approximate surface area is 89.7 Å². The average Bonchev–Trinajstić information content (AvgIpc) is 2.18. The van der Waals surface area contributed by atoms with Gasteiger partial charge in [-0.25, -0.2) is 0 Å². The van der Waals surface area contributed by atoms with E-state index in [2.05, 4.69) is 32.0 Å². The fourth-order valence-electron chi connectivity index (χ4n) is 1.80. The lowest BCUT2D eigenvalue weighted by molar-refractivity contribution is 0.379. The summed E-state index contributed by atoms with van der Waals surface area (Å²) in [6.45, 7) is 6.68. The quantitative estimate of drug-likeness (QED) is 0.586. The first-order valence-corrected chi connectivity index (χ1v) is 5.97. The molecule has 0 aliphatic carbocycles. The molecule has 0 saturated heterocycles. The van der Waals surface area contributed by atoms with Gasteiger partial charge in [-0.05, 0) is 19.3 Å². The molecule has 1 N–H and O–H groups in total. The van der Waals surface area contributed by atoms with Crippen molar-refractivity contribution in [1.29, 1.82) is 0 Å². The van der Waals surface area contributed by atoms with Crippen LogP contribution in [0.2, 0.25) is 0 Å². The van der Waals surface area contributed by atoms with E-state index in [1.165, 1.54) is 25.7 Å². The molecule has 0 amide bonds. The van der Waals surface area contributed by atoms with Crippen molar-refractivity contribution in [3.8, 4) is 12.3 Å². The highest BCUT2D eigenvalue weighted by Gasteiger charge is 2.11. The molecule has 0 radical (unpaired) electrons. The van der Waals surface area contributed by atoms with Gasteiger partial charge in [0.2, 0.25) is 0 Å². The first kappa shape index (κ1) is 13.5. The monoisotopic (exact) mass is 195 g/mol. The van der Waals surface area contributed by atoms with Crippen molar-refractivity contribution in [2.45, 2.75) is 71.4 Å². The minimum atomic E-state index is 0.517. The molecule has 82 valence electrons. The lowest BCUT2D eigenvalue weighted by Crippen LogP contribution is -2.37. The zero-order valence-corrected chi connectivity index (χ0v) is 9.97. The van der Waals surface area contributed by atoms with Gasteiger partial charge in [0.15, 0.2) is 0 Å². The van der Waals surface area contributed by atoms with Gasteiger partial charge in [-0.2, -0.15) is 0 Å². The van der Waals surface area contributed by atoms with E-state index in [1.54, 1.807) is 0 Å².